The number of rotatable bonds is 9. The molecular weight excluding hydrogens is 370 g/mol. The second-order valence-electron chi connectivity index (χ2n) is 7.69. The van der Waals surface area contributed by atoms with E-state index in [1.807, 2.05) is 69.3 Å². The maximum atomic E-state index is 12.9. The lowest BCUT2D eigenvalue weighted by atomic mass is 10.1. The number of ether oxygens (including phenoxy) is 3. The zero-order chi connectivity index (χ0) is 21.3. The first-order valence-electron chi connectivity index (χ1n) is 9.51. The molecule has 0 spiro atoms. The summed E-state index contributed by atoms with van der Waals surface area (Å²) < 4.78 is 16.2. The standard InChI is InChI=1S/C23H29NO5/c1-23(2,3)29-22(26)24(15-19-9-7-8-18(14-19)12-13-25)16-20-10-5-6-11-21(20)28-17-27-4/h5-11,13-14H,12,15-17H2,1-4H3. The van der Waals surface area contributed by atoms with E-state index in [-0.39, 0.29) is 6.79 Å². The minimum Gasteiger partial charge on any atom is -0.467 e. The Balaban J connectivity index is 2.27. The van der Waals surface area contributed by atoms with Gasteiger partial charge in [0.05, 0.1) is 6.54 Å². The van der Waals surface area contributed by atoms with Crippen molar-refractivity contribution in [2.45, 2.75) is 45.9 Å². The van der Waals surface area contributed by atoms with Crippen LogP contribution in [0.2, 0.25) is 0 Å². The van der Waals surface area contributed by atoms with Crippen LogP contribution in [0.4, 0.5) is 4.79 Å². The van der Waals surface area contributed by atoms with Gasteiger partial charge < -0.3 is 19.0 Å². The first-order chi connectivity index (χ1) is 13.8. The second kappa shape index (κ2) is 10.6. The van der Waals surface area contributed by atoms with E-state index in [1.165, 1.54) is 0 Å². The zero-order valence-electron chi connectivity index (χ0n) is 17.5. The number of aldehydes is 1. The average Bonchev–Trinajstić information content (AvgIpc) is 2.66. The molecule has 1 amide bonds. The molecule has 0 saturated carbocycles. The summed E-state index contributed by atoms with van der Waals surface area (Å²) in [6.45, 7) is 6.29. The van der Waals surface area contributed by atoms with Gasteiger partial charge in [0, 0.05) is 25.6 Å². The van der Waals surface area contributed by atoms with E-state index in [4.69, 9.17) is 14.2 Å². The zero-order valence-corrected chi connectivity index (χ0v) is 17.5. The van der Waals surface area contributed by atoms with Crippen LogP contribution in [0.3, 0.4) is 0 Å². The molecule has 0 aromatic heterocycles. The minimum atomic E-state index is -0.610. The Labute approximate surface area is 172 Å². The Hall–Kier alpha value is -2.86. The van der Waals surface area contributed by atoms with Crippen LogP contribution in [0.5, 0.6) is 5.75 Å². The summed E-state index contributed by atoms with van der Waals surface area (Å²) in [5.74, 6) is 0.651. The molecule has 0 bridgehead atoms. The van der Waals surface area contributed by atoms with Crippen LogP contribution in [-0.2, 0) is 33.8 Å². The maximum absolute atomic E-state index is 12.9. The lowest BCUT2D eigenvalue weighted by molar-refractivity contribution is -0.107. The number of carbonyl (C=O) groups is 2. The van der Waals surface area contributed by atoms with Crippen LogP contribution < -0.4 is 4.74 Å². The number of methoxy groups -OCH3 is 1. The van der Waals surface area contributed by atoms with Gasteiger partial charge in [-0.05, 0) is 38.0 Å². The summed E-state index contributed by atoms with van der Waals surface area (Å²) in [7, 11) is 1.56. The normalized spacial score (nSPS) is 11.0. The molecule has 0 unspecified atom stereocenters. The van der Waals surface area contributed by atoms with Crippen molar-refractivity contribution in [2.24, 2.45) is 0 Å². The number of hydrogen-bond donors (Lipinski definition) is 0. The summed E-state index contributed by atoms with van der Waals surface area (Å²) in [4.78, 5) is 25.3. The van der Waals surface area contributed by atoms with Crippen LogP contribution in [0, 0.1) is 0 Å². The van der Waals surface area contributed by atoms with E-state index < -0.39 is 11.7 Å². The first-order valence-corrected chi connectivity index (χ1v) is 9.51. The molecule has 156 valence electrons. The summed E-state index contributed by atoms with van der Waals surface area (Å²) in [5, 5.41) is 0. The van der Waals surface area contributed by atoms with Crippen LogP contribution in [0.25, 0.3) is 0 Å². The lowest BCUT2D eigenvalue weighted by Gasteiger charge is -2.28. The highest BCUT2D eigenvalue weighted by Crippen LogP contribution is 2.23. The van der Waals surface area contributed by atoms with Crippen molar-refractivity contribution in [1.82, 2.24) is 4.90 Å². The Bertz CT molecular complexity index is 813. The predicted molar refractivity (Wildman–Crippen MR) is 111 cm³/mol. The number of hydrogen-bond acceptors (Lipinski definition) is 5. The van der Waals surface area contributed by atoms with Crippen LogP contribution in [-0.4, -0.2) is 36.8 Å². The number of benzene rings is 2. The molecule has 0 aliphatic heterocycles. The van der Waals surface area contributed by atoms with Crippen molar-refractivity contribution in [1.29, 1.82) is 0 Å². The molecular formula is C23H29NO5. The van der Waals surface area contributed by atoms with E-state index in [0.29, 0.717) is 25.3 Å². The molecule has 0 heterocycles. The molecule has 0 N–H and O–H groups in total. The molecule has 29 heavy (non-hydrogen) atoms. The van der Waals surface area contributed by atoms with E-state index in [1.54, 1.807) is 12.0 Å². The van der Waals surface area contributed by atoms with Gasteiger partial charge in [0.1, 0.15) is 17.6 Å². The molecule has 0 radical (unpaired) electrons. The Morgan fingerprint density at radius 3 is 2.45 bits per heavy atom. The minimum absolute atomic E-state index is 0.122. The monoisotopic (exact) mass is 399 g/mol. The Kier molecular flexibility index (Phi) is 8.21. The molecule has 0 aliphatic carbocycles. The molecule has 0 saturated heterocycles. The Morgan fingerprint density at radius 2 is 1.76 bits per heavy atom. The van der Waals surface area contributed by atoms with Crippen LogP contribution in [0.15, 0.2) is 48.5 Å². The van der Waals surface area contributed by atoms with Crippen LogP contribution >= 0.6 is 0 Å². The number of carbonyl (C=O) groups excluding carboxylic acids is 2. The highest BCUT2D eigenvalue weighted by Gasteiger charge is 2.23. The summed E-state index contributed by atoms with van der Waals surface area (Å²) in [6.07, 6.45) is 0.794. The number of amides is 1. The Morgan fingerprint density at radius 1 is 1.03 bits per heavy atom. The number of nitrogens with zero attached hydrogens (tertiary/aromatic N) is 1. The van der Waals surface area contributed by atoms with Crippen molar-refractivity contribution in [3.05, 3.63) is 65.2 Å². The third-order valence-corrected chi connectivity index (χ3v) is 4.00. The fourth-order valence-corrected chi connectivity index (χ4v) is 2.79. The molecule has 0 atom stereocenters. The fourth-order valence-electron chi connectivity index (χ4n) is 2.79. The van der Waals surface area contributed by atoms with Gasteiger partial charge in [-0.2, -0.15) is 0 Å². The first kappa shape index (κ1) is 22.4. The molecule has 2 rings (SSSR count). The van der Waals surface area contributed by atoms with Crippen molar-refractivity contribution in [2.75, 3.05) is 13.9 Å². The van der Waals surface area contributed by atoms with Gasteiger partial charge in [0.15, 0.2) is 6.79 Å². The highest BCUT2D eigenvalue weighted by molar-refractivity contribution is 5.68. The van der Waals surface area contributed by atoms with Crippen molar-refractivity contribution >= 4 is 12.4 Å². The lowest BCUT2D eigenvalue weighted by Crippen LogP contribution is -2.36. The van der Waals surface area contributed by atoms with Gasteiger partial charge in [-0.25, -0.2) is 4.79 Å². The van der Waals surface area contributed by atoms with E-state index >= 15 is 0 Å². The smallest absolute Gasteiger partial charge is 0.410 e. The molecule has 2 aromatic carbocycles. The van der Waals surface area contributed by atoms with Gasteiger partial charge >= 0.3 is 6.09 Å². The SMILES string of the molecule is COCOc1ccccc1CN(Cc1cccc(CC=O)c1)C(=O)OC(C)(C)C. The second-order valence-corrected chi connectivity index (χ2v) is 7.69. The molecule has 6 nitrogen and oxygen atoms in total. The van der Waals surface area contributed by atoms with Gasteiger partial charge in [-0.15, -0.1) is 0 Å². The van der Waals surface area contributed by atoms with Crippen molar-refractivity contribution < 1.29 is 23.8 Å². The maximum Gasteiger partial charge on any atom is 0.410 e. The summed E-state index contributed by atoms with van der Waals surface area (Å²) in [6, 6.07) is 15.2. The topological polar surface area (TPSA) is 65.1 Å². The molecule has 0 fully saturated rings. The third kappa shape index (κ3) is 7.58. The number of para-hydroxylation sites is 1. The quantitative estimate of drug-likeness (QED) is 0.463. The highest BCUT2D eigenvalue weighted by atomic mass is 16.7. The van der Waals surface area contributed by atoms with Gasteiger partial charge in [-0.1, -0.05) is 42.5 Å². The summed E-state index contributed by atoms with van der Waals surface area (Å²) >= 11 is 0. The van der Waals surface area contributed by atoms with Gasteiger partial charge in [0.25, 0.3) is 0 Å². The van der Waals surface area contributed by atoms with E-state index in [9.17, 15) is 9.59 Å². The van der Waals surface area contributed by atoms with E-state index in [2.05, 4.69) is 0 Å². The predicted octanol–water partition coefficient (Wildman–Crippen LogP) is 4.35. The van der Waals surface area contributed by atoms with Crippen molar-refractivity contribution in [3.63, 3.8) is 0 Å². The van der Waals surface area contributed by atoms with Gasteiger partial charge in [-0.3, -0.25) is 4.90 Å². The van der Waals surface area contributed by atoms with Gasteiger partial charge in [0.2, 0.25) is 0 Å². The van der Waals surface area contributed by atoms with E-state index in [0.717, 1.165) is 23.0 Å². The molecule has 6 heteroatoms. The van der Waals surface area contributed by atoms with Crippen molar-refractivity contribution in [3.8, 4) is 5.75 Å². The molecule has 2 aromatic rings. The largest absolute Gasteiger partial charge is 0.467 e. The third-order valence-electron chi connectivity index (χ3n) is 4.00. The fraction of sp³-hybridized carbons (Fsp3) is 0.391. The molecule has 0 aliphatic rings. The van der Waals surface area contributed by atoms with Crippen LogP contribution in [0.1, 0.15) is 37.5 Å². The summed E-state index contributed by atoms with van der Waals surface area (Å²) in [5.41, 5.74) is 2.07. The average molecular weight is 399 g/mol.